The Bertz CT molecular complexity index is 2660. The molecule has 0 amide bonds. The third-order valence-corrected chi connectivity index (χ3v) is 26.5. The number of rotatable bonds is 33. The van der Waals surface area contributed by atoms with Gasteiger partial charge in [0.1, 0.15) is 7.14 Å². The van der Waals surface area contributed by atoms with E-state index in [-0.39, 0.29) is 23.8 Å². The van der Waals surface area contributed by atoms with E-state index < -0.39 is 7.14 Å². The van der Waals surface area contributed by atoms with Gasteiger partial charge in [-0.1, -0.05) is 255 Å². The molecule has 9 aromatic rings. The van der Waals surface area contributed by atoms with Crippen molar-refractivity contribution >= 4 is 30.9 Å². The molecule has 0 spiro atoms. The highest BCUT2D eigenvalue weighted by Gasteiger charge is 2.25. The van der Waals surface area contributed by atoms with Crippen LogP contribution in [0.5, 0.6) is 0 Å². The number of hydrogen-bond donors (Lipinski definition) is 0. The monoisotopic (exact) mass is 1120 g/mol. The molecule has 9 rings (SSSR count). The highest BCUT2D eigenvalue weighted by atomic mass is 31.2. The summed E-state index contributed by atoms with van der Waals surface area (Å²) in [4.78, 5) is 0. The van der Waals surface area contributed by atoms with E-state index in [0.717, 1.165) is 57.8 Å². The van der Waals surface area contributed by atoms with Crippen molar-refractivity contribution in [3.8, 4) is 0 Å². The van der Waals surface area contributed by atoms with Crippen molar-refractivity contribution in [3.63, 3.8) is 0 Å². The quantitative estimate of drug-likeness (QED) is 0.0375. The van der Waals surface area contributed by atoms with Crippen molar-refractivity contribution in [1.29, 1.82) is 0 Å². The molecule has 0 fully saturated rings. The van der Waals surface area contributed by atoms with Gasteiger partial charge in [-0.05, 0) is 180 Å². The van der Waals surface area contributed by atoms with E-state index >= 15 is 4.57 Å². The van der Waals surface area contributed by atoms with Gasteiger partial charge in [-0.15, -0.1) is 23.8 Å². The second-order valence-corrected chi connectivity index (χ2v) is 33.3. The van der Waals surface area contributed by atoms with E-state index in [2.05, 4.69) is 255 Å². The van der Waals surface area contributed by atoms with Gasteiger partial charge in [-0.3, -0.25) is 0 Å². The summed E-state index contributed by atoms with van der Waals surface area (Å²) in [7, 11) is -3.11. The van der Waals surface area contributed by atoms with Crippen LogP contribution in [-0.4, -0.2) is 55.5 Å². The average molecular weight is 1130 g/mol. The van der Waals surface area contributed by atoms with Gasteiger partial charge in [-0.25, -0.2) is 0 Å². The average Bonchev–Trinajstić information content (AvgIpc) is 3.51. The normalized spacial score (nSPS) is 11.7. The van der Waals surface area contributed by atoms with Gasteiger partial charge in [0.05, 0.1) is 0 Å². The molecular formula is C75H84OP4. The second-order valence-electron chi connectivity index (χ2n) is 22.2. The predicted octanol–water partition coefficient (Wildman–Crippen LogP) is 19.5. The Labute approximate surface area is 485 Å². The van der Waals surface area contributed by atoms with Gasteiger partial charge in [-0.2, -0.15) is 0 Å². The highest BCUT2D eigenvalue weighted by molar-refractivity contribution is 7.61. The summed E-state index contributed by atoms with van der Waals surface area (Å²) >= 11 is 0. The molecule has 0 aliphatic heterocycles. The minimum Gasteiger partial charge on any atom is -0.323 e. The fraction of sp³-hybridized carbons (Fsp3) is 0.280. The zero-order valence-corrected chi connectivity index (χ0v) is 50.9. The molecule has 0 saturated carbocycles. The Morgan fingerprint density at radius 3 is 0.487 bits per heavy atom. The molecule has 1 nitrogen and oxygen atoms in total. The van der Waals surface area contributed by atoms with Crippen LogP contribution in [0.15, 0.2) is 255 Å². The van der Waals surface area contributed by atoms with Gasteiger partial charge in [0.15, 0.2) is 0 Å². The smallest absolute Gasteiger partial charge is 0.100 e. The van der Waals surface area contributed by atoms with Crippen molar-refractivity contribution in [2.24, 2.45) is 0 Å². The topological polar surface area (TPSA) is 17.1 Å². The van der Waals surface area contributed by atoms with Crippen molar-refractivity contribution in [3.05, 3.63) is 322 Å². The lowest BCUT2D eigenvalue weighted by Crippen LogP contribution is -2.04. The number of hydrogen-bond acceptors (Lipinski definition) is 1. The maximum Gasteiger partial charge on any atom is 0.100 e. The first-order chi connectivity index (χ1) is 39.4. The van der Waals surface area contributed by atoms with E-state index in [1.54, 1.807) is 0 Å². The minimum atomic E-state index is -2.74. The lowest BCUT2D eigenvalue weighted by Gasteiger charge is -2.21. The molecule has 0 N–H and O–H groups in total. The van der Waals surface area contributed by atoms with Gasteiger partial charge < -0.3 is 4.57 Å². The van der Waals surface area contributed by atoms with Crippen LogP contribution in [0.4, 0.5) is 0 Å². The molecule has 9 aromatic carbocycles. The molecule has 0 aliphatic rings. The molecule has 5 heteroatoms. The van der Waals surface area contributed by atoms with Crippen LogP contribution in [-0.2, 0) is 80.8 Å². The van der Waals surface area contributed by atoms with Crippen LogP contribution < -0.4 is 0 Å². The molecule has 0 saturated heterocycles. The van der Waals surface area contributed by atoms with Crippen LogP contribution in [0.1, 0.15) is 66.8 Å². The molecule has 0 heterocycles. The zero-order chi connectivity index (χ0) is 54.7. The van der Waals surface area contributed by atoms with Crippen LogP contribution in [0.2, 0.25) is 0 Å². The Hall–Kier alpha value is -5.50. The van der Waals surface area contributed by atoms with Crippen molar-refractivity contribution < 1.29 is 4.57 Å². The fourth-order valence-electron chi connectivity index (χ4n) is 11.1. The van der Waals surface area contributed by atoms with Crippen molar-refractivity contribution in [2.75, 3.05) is 55.5 Å². The summed E-state index contributed by atoms with van der Waals surface area (Å²) < 4.78 is 15.8. The molecule has 0 aromatic heterocycles. The van der Waals surface area contributed by atoms with Crippen LogP contribution in [0, 0.1) is 0 Å². The standard InChI is InChI=1S/C75H84OP4/c76-80(61-73-37-31-70(32-38-73)49-58-77(52-43-64-19-7-1-8-20-64)53-44-65-21-9-2-10-22-65,62-74-39-33-71(34-40-74)50-59-78(54-45-66-23-11-3-12-24-66)55-46-67-25-13-4-14-26-67)63-75-41-35-72(36-42-75)51-60-79(56-47-68-27-15-5-16-28-68)57-48-69-29-17-6-18-30-69/h1-42H,43-63H2. The summed E-state index contributed by atoms with van der Waals surface area (Å²) in [6.07, 6.45) is 23.3. The van der Waals surface area contributed by atoms with Gasteiger partial charge >= 0.3 is 0 Å². The number of benzene rings is 9. The van der Waals surface area contributed by atoms with Crippen LogP contribution >= 0.6 is 30.9 Å². The van der Waals surface area contributed by atoms with Crippen molar-refractivity contribution in [2.45, 2.75) is 76.3 Å². The van der Waals surface area contributed by atoms with Gasteiger partial charge in [0.2, 0.25) is 0 Å². The van der Waals surface area contributed by atoms with E-state index in [9.17, 15) is 0 Å². The predicted molar refractivity (Wildman–Crippen MR) is 355 cm³/mol. The van der Waals surface area contributed by atoms with E-state index in [1.165, 1.54) is 122 Å². The van der Waals surface area contributed by atoms with Gasteiger partial charge in [0, 0.05) is 18.5 Å². The highest BCUT2D eigenvalue weighted by Crippen LogP contribution is 2.55. The molecular weight excluding hydrogens is 1040 g/mol. The first kappa shape index (κ1) is 59.1. The Balaban J connectivity index is 0.862. The van der Waals surface area contributed by atoms with Crippen molar-refractivity contribution in [1.82, 2.24) is 0 Å². The number of aryl methyl sites for hydroxylation is 9. The maximum absolute atomic E-state index is 15.8. The van der Waals surface area contributed by atoms with Crippen LogP contribution in [0.25, 0.3) is 0 Å². The second kappa shape index (κ2) is 32.8. The summed E-state index contributed by atoms with van der Waals surface area (Å²) in [6.45, 7) is 0. The molecule has 0 aliphatic carbocycles. The Morgan fingerprint density at radius 1 is 0.188 bits per heavy atom. The Kier molecular flexibility index (Phi) is 24.3. The Morgan fingerprint density at radius 2 is 0.325 bits per heavy atom. The summed E-state index contributed by atoms with van der Waals surface area (Å²) in [5, 5.41) is 0. The molecule has 0 radical (unpaired) electrons. The fourth-order valence-corrected chi connectivity index (χ4v) is 21.2. The summed E-state index contributed by atoms with van der Waals surface area (Å²) in [5.74, 6) is 0. The van der Waals surface area contributed by atoms with Gasteiger partial charge in [0.25, 0.3) is 0 Å². The van der Waals surface area contributed by atoms with E-state index in [1.807, 2.05) is 0 Å². The zero-order valence-electron chi connectivity index (χ0n) is 47.3. The summed E-state index contributed by atoms with van der Waals surface area (Å²) in [5.41, 5.74) is 16.5. The lowest BCUT2D eigenvalue weighted by molar-refractivity contribution is 0.572. The van der Waals surface area contributed by atoms with E-state index in [4.69, 9.17) is 0 Å². The first-order valence-corrected chi connectivity index (χ1v) is 37.6. The SMILES string of the molecule is O=P(Cc1ccc(CCP(CCc2ccccc2)CCc2ccccc2)cc1)(Cc1ccc(CCP(CCc2ccccc2)CCc2ccccc2)cc1)Cc1ccc(CCP(CCc2ccccc2)CCc2ccccc2)cc1. The first-order valence-electron chi connectivity index (χ1n) is 29.6. The third-order valence-electron chi connectivity index (χ3n) is 16.0. The van der Waals surface area contributed by atoms with Crippen LogP contribution in [0.3, 0.4) is 0 Å². The lowest BCUT2D eigenvalue weighted by atomic mass is 10.1. The molecule has 410 valence electrons. The molecule has 80 heavy (non-hydrogen) atoms. The largest absolute Gasteiger partial charge is 0.323 e. The molecule has 0 atom stereocenters. The third kappa shape index (κ3) is 21.1. The minimum absolute atomic E-state index is 0.122. The van der Waals surface area contributed by atoms with E-state index in [0.29, 0.717) is 18.5 Å². The summed E-state index contributed by atoms with van der Waals surface area (Å²) in [6, 6.07) is 94.1. The molecule has 0 bridgehead atoms. The molecule has 0 unspecified atom stereocenters. The maximum atomic E-state index is 15.8.